The molecule has 4 heterocycles. The predicted octanol–water partition coefficient (Wildman–Crippen LogP) is 1.93. The van der Waals surface area contributed by atoms with Gasteiger partial charge in [-0.05, 0) is 12.1 Å². The summed E-state index contributed by atoms with van der Waals surface area (Å²) in [7, 11) is 0.433. The molecule has 184 valence electrons. The molecule has 3 aliphatic heterocycles. The minimum absolute atomic E-state index is 0.0803. The van der Waals surface area contributed by atoms with E-state index in [2.05, 4.69) is 15.0 Å². The highest BCUT2D eigenvalue weighted by Gasteiger charge is 2.30. The van der Waals surface area contributed by atoms with Crippen molar-refractivity contribution < 1.29 is 23.5 Å². The number of hydrogen-bond acceptors (Lipinski definition) is 8. The number of aliphatic hydroxyl groups is 3. The van der Waals surface area contributed by atoms with Gasteiger partial charge >= 0.3 is 0 Å². The number of aromatic nitrogens is 2. The van der Waals surface area contributed by atoms with Gasteiger partial charge in [-0.25, -0.2) is 4.98 Å². The van der Waals surface area contributed by atoms with E-state index < -0.39 is 17.1 Å². The van der Waals surface area contributed by atoms with Crippen molar-refractivity contribution in [2.24, 2.45) is 0 Å². The van der Waals surface area contributed by atoms with Crippen LogP contribution in [-0.4, -0.2) is 75.3 Å². The number of nitrogens with zero attached hydrogens (tertiary/aromatic N) is 3. The van der Waals surface area contributed by atoms with Crippen LogP contribution in [0.4, 0.5) is 11.8 Å². The summed E-state index contributed by atoms with van der Waals surface area (Å²) in [6, 6.07) is 7.71. The highest BCUT2D eigenvalue weighted by molar-refractivity contribution is 7.85. The zero-order chi connectivity index (χ0) is 23.5. The number of anilines is 2. The molecule has 0 amide bonds. The van der Waals surface area contributed by atoms with Gasteiger partial charge in [-0.3, -0.25) is 4.21 Å². The van der Waals surface area contributed by atoms with Gasteiger partial charge in [0.15, 0.2) is 6.29 Å². The standard InChI is InChI=1S/C24H32N4O5S/c1-31-23(29)16-3-2-4-19(15-16)33-18-5-10-28(11-6-18)24-26-20-9-14-34(30)21(20)22(27-24)25-17-7-12-32-13-8-17/h2-4,15,17-18,23,29H,5-14H2,1H3,(H,25,26,27)/p+1. The summed E-state index contributed by atoms with van der Waals surface area (Å²) in [5.74, 6) is 2.81. The highest BCUT2D eigenvalue weighted by Crippen LogP contribution is 2.32. The van der Waals surface area contributed by atoms with Gasteiger partial charge in [-0.15, -0.1) is 0 Å². The van der Waals surface area contributed by atoms with Crippen molar-refractivity contribution in [3.8, 4) is 5.75 Å². The third kappa shape index (κ3) is 5.19. The molecule has 2 unspecified atom stereocenters. The number of aryl methyl sites for hydroxylation is 1. The highest BCUT2D eigenvalue weighted by atomic mass is 32.2. The first-order chi connectivity index (χ1) is 16.6. The van der Waals surface area contributed by atoms with Crippen LogP contribution >= 0.6 is 0 Å². The average Bonchev–Trinajstić information content (AvgIpc) is 3.25. The van der Waals surface area contributed by atoms with Gasteiger partial charge in [-0.2, -0.15) is 4.98 Å². The minimum Gasteiger partial charge on any atom is -0.490 e. The maximum absolute atomic E-state index is 12.6. The van der Waals surface area contributed by atoms with Gasteiger partial charge in [0.25, 0.3) is 0 Å². The first kappa shape index (κ1) is 23.5. The second-order valence-corrected chi connectivity index (χ2v) is 10.5. The van der Waals surface area contributed by atoms with E-state index in [0.717, 1.165) is 80.6 Å². The van der Waals surface area contributed by atoms with E-state index in [9.17, 15) is 9.32 Å². The summed E-state index contributed by atoms with van der Waals surface area (Å²) in [6.07, 6.45) is 3.50. The molecule has 2 fully saturated rings. The van der Waals surface area contributed by atoms with E-state index in [0.29, 0.717) is 23.3 Å². The second kappa shape index (κ2) is 10.6. The van der Waals surface area contributed by atoms with Crippen molar-refractivity contribution in [1.82, 2.24) is 9.97 Å². The molecule has 0 bridgehead atoms. The van der Waals surface area contributed by atoms with Crippen molar-refractivity contribution in [1.29, 1.82) is 0 Å². The largest absolute Gasteiger partial charge is 0.490 e. The first-order valence-electron chi connectivity index (χ1n) is 12.0. The molecule has 0 spiro atoms. The molecule has 2 atom stereocenters. The molecule has 1 aromatic heterocycles. The molecular weight excluding hydrogens is 456 g/mol. The number of ether oxygens (including phenoxy) is 3. The summed E-state index contributed by atoms with van der Waals surface area (Å²) >= 11 is 0. The van der Waals surface area contributed by atoms with Gasteiger partial charge in [0.1, 0.15) is 35.8 Å². The third-order valence-electron chi connectivity index (χ3n) is 6.68. The monoisotopic (exact) mass is 489 g/mol. The molecule has 1 aromatic carbocycles. The molecule has 3 N–H and O–H groups in total. The smallest absolute Gasteiger partial charge is 0.227 e. The Hall–Kier alpha value is -2.27. The fraction of sp³-hybridized carbons (Fsp3) is 0.583. The third-order valence-corrected chi connectivity index (χ3v) is 8.14. The normalized spacial score (nSPS) is 22.4. The molecule has 0 radical (unpaired) electrons. The Morgan fingerprint density at radius 2 is 2.00 bits per heavy atom. The fourth-order valence-electron chi connectivity index (χ4n) is 4.75. The second-order valence-electron chi connectivity index (χ2n) is 9.00. The van der Waals surface area contributed by atoms with Crippen molar-refractivity contribution in [2.45, 2.75) is 55.4 Å². The first-order valence-corrected chi connectivity index (χ1v) is 13.3. The zero-order valence-electron chi connectivity index (χ0n) is 19.5. The number of rotatable bonds is 7. The molecule has 2 aromatic rings. The van der Waals surface area contributed by atoms with E-state index in [1.807, 2.05) is 24.3 Å². The Labute approximate surface area is 202 Å². The summed E-state index contributed by atoms with van der Waals surface area (Å²) < 4.78 is 28.2. The molecule has 3 aliphatic rings. The van der Waals surface area contributed by atoms with Crippen LogP contribution in [-0.2, 0) is 22.0 Å². The van der Waals surface area contributed by atoms with Crippen LogP contribution in [0.5, 0.6) is 5.75 Å². The number of piperidine rings is 1. The molecule has 0 saturated carbocycles. The van der Waals surface area contributed by atoms with Gasteiger partial charge in [0.05, 0.1) is 16.5 Å². The molecular formula is C24H33N4O5S+. The van der Waals surface area contributed by atoms with Crippen molar-refractivity contribution in [2.75, 3.05) is 49.4 Å². The van der Waals surface area contributed by atoms with Crippen LogP contribution in [0, 0.1) is 0 Å². The quantitative estimate of drug-likeness (QED) is 0.449. The van der Waals surface area contributed by atoms with Gasteiger partial charge < -0.3 is 29.5 Å². The Kier molecular flexibility index (Phi) is 7.29. The van der Waals surface area contributed by atoms with E-state index in [1.165, 1.54) is 7.11 Å². The van der Waals surface area contributed by atoms with E-state index in [-0.39, 0.29) is 6.10 Å². The lowest BCUT2D eigenvalue weighted by atomic mass is 10.1. The predicted molar refractivity (Wildman–Crippen MR) is 130 cm³/mol. The molecule has 0 aliphatic carbocycles. The number of nitrogens with one attached hydrogen (secondary N) is 1. The van der Waals surface area contributed by atoms with Gasteiger partial charge in [0.2, 0.25) is 5.95 Å². The van der Waals surface area contributed by atoms with Crippen LogP contribution in [0.3, 0.4) is 0 Å². The Balaban J connectivity index is 1.26. The number of benzene rings is 1. The Morgan fingerprint density at radius 3 is 2.76 bits per heavy atom. The van der Waals surface area contributed by atoms with Crippen LogP contribution in [0.15, 0.2) is 29.2 Å². The minimum atomic E-state index is -1.04. The van der Waals surface area contributed by atoms with Gasteiger partial charge in [0, 0.05) is 69.7 Å². The average molecular weight is 490 g/mol. The Bertz CT molecular complexity index is 1020. The van der Waals surface area contributed by atoms with Crippen molar-refractivity contribution in [3.05, 3.63) is 35.5 Å². The summed E-state index contributed by atoms with van der Waals surface area (Å²) in [5, 5.41) is 13.5. The summed E-state index contributed by atoms with van der Waals surface area (Å²) in [6.45, 7) is 3.30. The summed E-state index contributed by atoms with van der Waals surface area (Å²) in [4.78, 5) is 12.7. The lowest BCUT2D eigenvalue weighted by Gasteiger charge is -2.33. The SMILES string of the molecule is COC(O)c1cccc(OC2CCN(c3nc4c(c(NC5CC[OH+]CC5)n3)S(=O)CC4)CC2)c1. The fourth-order valence-corrected chi connectivity index (χ4v) is 6.07. The molecule has 10 heteroatoms. The van der Waals surface area contributed by atoms with Crippen molar-refractivity contribution >= 4 is 22.6 Å². The van der Waals surface area contributed by atoms with Gasteiger partial charge in [-0.1, -0.05) is 12.1 Å². The molecule has 9 nitrogen and oxygen atoms in total. The zero-order valence-corrected chi connectivity index (χ0v) is 20.3. The molecule has 2 saturated heterocycles. The maximum Gasteiger partial charge on any atom is 0.227 e. The van der Waals surface area contributed by atoms with Crippen LogP contribution in [0.2, 0.25) is 0 Å². The number of hydrogen-bond donors (Lipinski definition) is 2. The number of fused-ring (bicyclic) bond motifs is 1. The maximum atomic E-state index is 12.6. The summed E-state index contributed by atoms with van der Waals surface area (Å²) in [5.41, 5.74) is 1.59. The van der Waals surface area contributed by atoms with Crippen LogP contribution in [0.1, 0.15) is 43.2 Å². The van der Waals surface area contributed by atoms with E-state index in [4.69, 9.17) is 19.4 Å². The topological polar surface area (TPSA) is 110 Å². The van der Waals surface area contributed by atoms with E-state index in [1.54, 1.807) is 0 Å². The lowest BCUT2D eigenvalue weighted by molar-refractivity contribution is -0.0771. The Morgan fingerprint density at radius 1 is 1.21 bits per heavy atom. The number of methoxy groups -OCH3 is 1. The van der Waals surface area contributed by atoms with Crippen LogP contribution in [0.25, 0.3) is 0 Å². The molecule has 34 heavy (non-hydrogen) atoms. The van der Waals surface area contributed by atoms with Crippen LogP contribution < -0.4 is 15.0 Å². The number of aliphatic hydroxyl groups excluding tert-OH is 1. The lowest BCUT2D eigenvalue weighted by Crippen LogP contribution is -2.39. The van der Waals surface area contributed by atoms with Crippen molar-refractivity contribution in [3.63, 3.8) is 0 Å². The van der Waals surface area contributed by atoms with E-state index >= 15 is 0 Å². The molecule has 5 rings (SSSR count).